The predicted molar refractivity (Wildman–Crippen MR) is 111 cm³/mol. The van der Waals surface area contributed by atoms with Crippen LogP contribution in [0.3, 0.4) is 0 Å². The van der Waals surface area contributed by atoms with Gasteiger partial charge in [-0.25, -0.2) is 13.6 Å². The van der Waals surface area contributed by atoms with Crippen LogP contribution in [0.15, 0.2) is 23.8 Å². The molecule has 4 aliphatic carbocycles. The minimum atomic E-state index is -4.45. The summed E-state index contributed by atoms with van der Waals surface area (Å²) in [5, 5.41) is 22.6. The molecule has 0 aromatic carbocycles. The number of carboxylic acids is 1. The van der Waals surface area contributed by atoms with E-state index in [1.165, 1.54) is 13.0 Å². The van der Waals surface area contributed by atoms with Crippen LogP contribution >= 0.6 is 0 Å². The summed E-state index contributed by atoms with van der Waals surface area (Å²) in [6, 6.07) is 0. The lowest BCUT2D eigenvalue weighted by molar-refractivity contribution is -0.276. The molecule has 1 saturated heterocycles. The van der Waals surface area contributed by atoms with Gasteiger partial charge in [-0.05, 0) is 49.8 Å². The highest BCUT2D eigenvalue weighted by Crippen LogP contribution is 2.72. The molecule has 2 N–H and O–H groups in total. The second kappa shape index (κ2) is 7.35. The summed E-state index contributed by atoms with van der Waals surface area (Å²) in [7, 11) is 0. The molecular formula is C24H28F5NO5. The Kier molecular flexibility index (Phi) is 5.21. The van der Waals surface area contributed by atoms with Gasteiger partial charge in [0.05, 0.1) is 12.5 Å². The van der Waals surface area contributed by atoms with E-state index in [1.807, 2.05) is 0 Å². The topological polar surface area (TPSA) is 87.1 Å². The van der Waals surface area contributed by atoms with Crippen molar-refractivity contribution in [1.82, 2.24) is 5.06 Å². The normalized spacial score (nSPS) is 49.2. The maximum atomic E-state index is 17.1. The number of aliphatic hydroxyl groups excluding tert-OH is 1. The molecule has 11 heteroatoms. The van der Waals surface area contributed by atoms with E-state index < -0.39 is 83.0 Å². The van der Waals surface area contributed by atoms with Gasteiger partial charge in [-0.15, -0.1) is 0 Å². The molecule has 4 fully saturated rings. The molecule has 5 aliphatic rings. The predicted octanol–water partition coefficient (Wildman–Crippen LogP) is 3.55. The van der Waals surface area contributed by atoms with Crippen LogP contribution in [-0.2, 0) is 14.4 Å². The first-order valence-corrected chi connectivity index (χ1v) is 11.8. The lowest BCUT2D eigenvalue weighted by Gasteiger charge is -2.63. The summed E-state index contributed by atoms with van der Waals surface area (Å²) in [5.41, 5.74) is -7.32. The van der Waals surface area contributed by atoms with Gasteiger partial charge in [0.2, 0.25) is 0 Å². The van der Waals surface area contributed by atoms with Gasteiger partial charge < -0.3 is 10.2 Å². The molecule has 1 aliphatic heterocycles. The number of alkyl halides is 5. The van der Waals surface area contributed by atoms with Crippen molar-refractivity contribution in [2.45, 2.75) is 69.3 Å². The molecule has 0 aromatic heterocycles. The zero-order chi connectivity index (χ0) is 25.8. The molecule has 0 aromatic rings. The number of nitrogens with zero attached hydrogens (tertiary/aromatic N) is 1. The Hall–Kier alpha value is -1.85. The van der Waals surface area contributed by atoms with Gasteiger partial charge in [0.1, 0.15) is 6.17 Å². The van der Waals surface area contributed by atoms with Crippen LogP contribution in [-0.4, -0.2) is 69.8 Å². The van der Waals surface area contributed by atoms with Crippen molar-refractivity contribution in [2.24, 2.45) is 28.6 Å². The van der Waals surface area contributed by atoms with E-state index in [1.54, 1.807) is 6.92 Å². The molecule has 6 nitrogen and oxygen atoms in total. The molecule has 194 valence electrons. The fraction of sp³-hybridized carbons (Fsp3) is 0.750. The van der Waals surface area contributed by atoms with Crippen molar-refractivity contribution < 1.29 is 46.6 Å². The molecule has 9 atom stereocenters. The summed E-state index contributed by atoms with van der Waals surface area (Å²) in [6.45, 7) is 2.37. The standard InChI is InChI=1S/C24H28F5NO5/c1-20-4-3-13(31)8-16(20)17(25)9-15-14-7-12-11-30(6-5-22(26,27)28)35-24(12,19(33)34)21(14,2)10-18(32)23(15,20)29/h3-4,8,12,14-15,17-18,32H,5-7,9-11H2,1-2H3,(H,33,34)/t12-,14-,15-,17-,18-,20-,21-,23-,24-/m0/s1. The van der Waals surface area contributed by atoms with Crippen LogP contribution in [0.4, 0.5) is 22.0 Å². The second-order valence-corrected chi connectivity index (χ2v) is 11.2. The number of aliphatic carboxylic acids is 1. The van der Waals surface area contributed by atoms with Gasteiger partial charge >= 0.3 is 12.1 Å². The average molecular weight is 505 g/mol. The quantitative estimate of drug-likeness (QED) is 0.571. The number of halogens is 5. The number of allylic oxidation sites excluding steroid dienone is 4. The van der Waals surface area contributed by atoms with Crippen LogP contribution < -0.4 is 0 Å². The number of hydroxylamine groups is 2. The summed E-state index contributed by atoms with van der Waals surface area (Å²) in [5.74, 6) is -4.40. The van der Waals surface area contributed by atoms with Gasteiger partial charge in [0.25, 0.3) is 0 Å². The monoisotopic (exact) mass is 505 g/mol. The number of aliphatic hydroxyl groups is 1. The van der Waals surface area contributed by atoms with Crippen molar-refractivity contribution in [3.8, 4) is 0 Å². The van der Waals surface area contributed by atoms with Crippen LogP contribution in [0.1, 0.15) is 39.5 Å². The number of carbonyl (C=O) groups excluding carboxylic acids is 1. The van der Waals surface area contributed by atoms with Crippen molar-refractivity contribution in [2.75, 3.05) is 13.1 Å². The van der Waals surface area contributed by atoms with Gasteiger partial charge in [0.15, 0.2) is 17.1 Å². The van der Waals surface area contributed by atoms with Crippen LogP contribution in [0.25, 0.3) is 0 Å². The van der Waals surface area contributed by atoms with Crippen LogP contribution in [0, 0.1) is 28.6 Å². The van der Waals surface area contributed by atoms with E-state index in [0.717, 1.165) is 17.2 Å². The number of ketones is 1. The van der Waals surface area contributed by atoms with Crippen LogP contribution in [0.5, 0.6) is 0 Å². The summed E-state index contributed by atoms with van der Waals surface area (Å²) in [6.07, 6.45) is -6.04. The largest absolute Gasteiger partial charge is 0.479 e. The van der Waals surface area contributed by atoms with E-state index in [2.05, 4.69) is 0 Å². The zero-order valence-corrected chi connectivity index (χ0v) is 19.3. The molecule has 0 radical (unpaired) electrons. The zero-order valence-electron chi connectivity index (χ0n) is 19.3. The third kappa shape index (κ3) is 3.03. The van der Waals surface area contributed by atoms with E-state index in [9.17, 15) is 33.0 Å². The van der Waals surface area contributed by atoms with Crippen molar-refractivity contribution in [1.29, 1.82) is 0 Å². The Morgan fingerprint density at radius 2 is 1.94 bits per heavy atom. The Labute approximate surface area is 198 Å². The fourth-order valence-electron chi connectivity index (χ4n) is 8.07. The Morgan fingerprint density at radius 3 is 2.57 bits per heavy atom. The number of rotatable bonds is 3. The Bertz CT molecular complexity index is 1030. The van der Waals surface area contributed by atoms with Crippen molar-refractivity contribution >= 4 is 11.8 Å². The lowest BCUT2D eigenvalue weighted by Crippen LogP contribution is -2.70. The molecule has 0 bridgehead atoms. The number of hydrogen-bond acceptors (Lipinski definition) is 5. The molecule has 0 unspecified atom stereocenters. The minimum absolute atomic E-state index is 0.0351. The third-order valence-electron chi connectivity index (χ3n) is 9.64. The first-order chi connectivity index (χ1) is 16.1. The van der Waals surface area contributed by atoms with Gasteiger partial charge in [0, 0.05) is 35.8 Å². The highest BCUT2D eigenvalue weighted by Gasteiger charge is 2.80. The van der Waals surface area contributed by atoms with E-state index >= 15 is 8.78 Å². The maximum absolute atomic E-state index is 17.1. The number of fused-ring (bicyclic) bond motifs is 7. The lowest BCUT2D eigenvalue weighted by atomic mass is 9.44. The van der Waals surface area contributed by atoms with E-state index in [0.29, 0.717) is 0 Å². The molecule has 0 amide bonds. The molecule has 5 rings (SSSR count). The smallest absolute Gasteiger partial charge is 0.390 e. The summed E-state index contributed by atoms with van der Waals surface area (Å²) < 4.78 is 70.9. The molecule has 35 heavy (non-hydrogen) atoms. The highest BCUT2D eigenvalue weighted by atomic mass is 19.4. The maximum Gasteiger partial charge on any atom is 0.390 e. The van der Waals surface area contributed by atoms with Crippen LogP contribution in [0.2, 0.25) is 0 Å². The van der Waals surface area contributed by atoms with Crippen molar-refractivity contribution in [3.05, 3.63) is 23.8 Å². The van der Waals surface area contributed by atoms with Gasteiger partial charge in [-0.1, -0.05) is 13.0 Å². The summed E-state index contributed by atoms with van der Waals surface area (Å²) in [4.78, 5) is 30.4. The van der Waals surface area contributed by atoms with E-state index in [4.69, 9.17) is 4.84 Å². The SMILES string of the molecule is C[C@]12C=CC(=O)C=C1[C@@H](F)C[C@H]1[C@@H]3C[C@H]4CN(CCC(F)(F)F)O[C@@]4(C(=O)O)[C@@]3(C)C[C@H](O)[C@@]12F. The number of carboxylic acid groups (broad SMARTS) is 1. The molecule has 1 heterocycles. The number of carbonyl (C=O) groups is 2. The van der Waals surface area contributed by atoms with Gasteiger partial charge in [-0.2, -0.15) is 18.2 Å². The first kappa shape index (κ1) is 24.8. The van der Waals surface area contributed by atoms with Crippen molar-refractivity contribution in [3.63, 3.8) is 0 Å². The van der Waals surface area contributed by atoms with E-state index in [-0.39, 0.29) is 31.4 Å². The first-order valence-electron chi connectivity index (χ1n) is 11.8. The Morgan fingerprint density at radius 1 is 1.26 bits per heavy atom. The molecular weight excluding hydrogens is 477 g/mol. The number of hydrogen-bond donors (Lipinski definition) is 2. The third-order valence-corrected chi connectivity index (χ3v) is 9.64. The summed E-state index contributed by atoms with van der Waals surface area (Å²) >= 11 is 0. The fourth-order valence-corrected chi connectivity index (χ4v) is 8.07. The molecule has 3 saturated carbocycles. The second-order valence-electron chi connectivity index (χ2n) is 11.2. The average Bonchev–Trinajstić information content (AvgIpc) is 3.23. The minimum Gasteiger partial charge on any atom is -0.479 e. The molecule has 0 spiro atoms. The highest BCUT2D eigenvalue weighted by molar-refractivity contribution is 6.01. The van der Waals surface area contributed by atoms with Gasteiger partial charge in [-0.3, -0.25) is 9.63 Å². The Balaban J connectivity index is 1.54.